The topological polar surface area (TPSA) is 80.2 Å². The van der Waals surface area contributed by atoms with Crippen LogP contribution in [0.2, 0.25) is 0 Å². The van der Waals surface area contributed by atoms with Crippen LogP contribution in [0.25, 0.3) is 22.2 Å². The summed E-state index contributed by atoms with van der Waals surface area (Å²) < 4.78 is 6.35. The second-order valence-corrected chi connectivity index (χ2v) is 10.1. The van der Waals surface area contributed by atoms with Gasteiger partial charge >= 0.3 is 5.97 Å². The Balaban J connectivity index is 1.62. The van der Waals surface area contributed by atoms with E-state index in [0.29, 0.717) is 17.8 Å². The van der Waals surface area contributed by atoms with Crippen molar-refractivity contribution in [3.8, 4) is 11.3 Å². The number of carbonyl (C=O) groups excluding carboxylic acids is 1. The van der Waals surface area contributed by atoms with Gasteiger partial charge < -0.3 is 10.1 Å². The summed E-state index contributed by atoms with van der Waals surface area (Å²) in [4.78, 5) is 31.5. The van der Waals surface area contributed by atoms with Crippen molar-refractivity contribution in [3.05, 3.63) is 126 Å². The number of nitrogens with one attached hydrogen (secondary N) is 1. The number of aromatic nitrogens is 3. The Kier molecular flexibility index (Phi) is 8.07. The van der Waals surface area contributed by atoms with E-state index in [2.05, 4.69) is 10.2 Å². The fourth-order valence-electron chi connectivity index (χ4n) is 5.64. The van der Waals surface area contributed by atoms with Gasteiger partial charge in [0.05, 0.1) is 22.8 Å². The fourth-order valence-corrected chi connectivity index (χ4v) is 5.64. The van der Waals surface area contributed by atoms with Gasteiger partial charge in [-0.15, -0.1) is 0 Å². The first-order valence-electron chi connectivity index (χ1n) is 14.2. The Labute approximate surface area is 240 Å². The van der Waals surface area contributed by atoms with Crippen molar-refractivity contribution in [1.82, 2.24) is 25.2 Å². The van der Waals surface area contributed by atoms with Crippen molar-refractivity contribution in [3.63, 3.8) is 0 Å². The molecule has 7 heteroatoms. The third kappa shape index (κ3) is 5.59. The van der Waals surface area contributed by atoms with Crippen LogP contribution in [0.15, 0.2) is 103 Å². The summed E-state index contributed by atoms with van der Waals surface area (Å²) in [6, 6.07) is 29.2. The summed E-state index contributed by atoms with van der Waals surface area (Å²) in [5.74, 6) is 0.260. The summed E-state index contributed by atoms with van der Waals surface area (Å²) in [5.41, 5.74) is 4.66. The van der Waals surface area contributed by atoms with Gasteiger partial charge in [0.1, 0.15) is 11.9 Å². The number of para-hydroxylation sites is 1. The number of hydrogen-bond acceptors (Lipinski definition) is 7. The predicted molar refractivity (Wildman–Crippen MR) is 160 cm³/mol. The van der Waals surface area contributed by atoms with Gasteiger partial charge in [0.25, 0.3) is 0 Å². The van der Waals surface area contributed by atoms with E-state index in [4.69, 9.17) is 19.7 Å². The van der Waals surface area contributed by atoms with Crippen LogP contribution in [0.4, 0.5) is 0 Å². The predicted octanol–water partition coefficient (Wildman–Crippen LogP) is 5.99. The highest BCUT2D eigenvalue weighted by molar-refractivity contribution is 6.07. The molecule has 2 atom stereocenters. The zero-order valence-electron chi connectivity index (χ0n) is 23.1. The van der Waals surface area contributed by atoms with Gasteiger partial charge in [0.2, 0.25) is 0 Å². The molecule has 206 valence electrons. The van der Waals surface area contributed by atoms with Crippen molar-refractivity contribution in [2.24, 2.45) is 0 Å². The smallest absolute Gasteiger partial charge is 0.339 e. The Bertz CT molecular complexity index is 1610. The number of esters is 1. The number of nitrogens with zero attached hydrogens (tertiary/aromatic N) is 4. The van der Waals surface area contributed by atoms with Crippen LogP contribution in [-0.2, 0) is 4.74 Å². The first kappa shape index (κ1) is 26.7. The zero-order valence-corrected chi connectivity index (χ0v) is 23.1. The summed E-state index contributed by atoms with van der Waals surface area (Å²) in [6.07, 6.45) is 3.79. The molecule has 6 rings (SSSR count). The molecule has 0 spiro atoms. The molecule has 2 unspecified atom stereocenters. The number of benzene rings is 3. The van der Waals surface area contributed by atoms with Crippen LogP contribution in [0.3, 0.4) is 0 Å². The number of hydrogen-bond donors (Lipinski definition) is 1. The molecular formula is C34H33N5O2. The molecule has 0 radical (unpaired) electrons. The van der Waals surface area contributed by atoms with Gasteiger partial charge in [-0.2, -0.15) is 0 Å². The lowest BCUT2D eigenvalue weighted by molar-refractivity contribution is 0.0286. The largest absolute Gasteiger partial charge is 0.454 e. The third-order valence-electron chi connectivity index (χ3n) is 7.59. The van der Waals surface area contributed by atoms with E-state index in [1.165, 1.54) is 0 Å². The second kappa shape index (κ2) is 12.4. The summed E-state index contributed by atoms with van der Waals surface area (Å²) in [5, 5.41) is 4.20. The maximum atomic E-state index is 14.5. The van der Waals surface area contributed by atoms with E-state index in [0.717, 1.165) is 59.5 Å². The molecule has 1 aliphatic rings. The Morgan fingerprint density at radius 3 is 2.24 bits per heavy atom. The molecule has 1 N–H and O–H groups in total. The van der Waals surface area contributed by atoms with Gasteiger partial charge in [-0.25, -0.2) is 19.7 Å². The molecule has 0 aliphatic carbocycles. The number of ether oxygens (including phenoxy) is 1. The van der Waals surface area contributed by atoms with Gasteiger partial charge in [-0.05, 0) is 24.1 Å². The molecule has 0 amide bonds. The van der Waals surface area contributed by atoms with Crippen LogP contribution in [0.1, 0.15) is 52.8 Å². The van der Waals surface area contributed by atoms with Crippen molar-refractivity contribution in [2.45, 2.75) is 25.5 Å². The van der Waals surface area contributed by atoms with Gasteiger partial charge in [-0.1, -0.05) is 85.8 Å². The SMILES string of the molecule is CCC(OC(=O)c1c(C(c2ncccn2)N2CCNCC2)c(-c2ccccc2)nc2ccccc12)c1ccccc1. The lowest BCUT2D eigenvalue weighted by Crippen LogP contribution is -2.46. The molecule has 0 bridgehead atoms. The normalized spacial score (nSPS) is 15.3. The highest BCUT2D eigenvalue weighted by atomic mass is 16.5. The molecule has 1 aliphatic heterocycles. The fraction of sp³-hybridized carbons (Fsp3) is 0.235. The first-order chi connectivity index (χ1) is 20.2. The Morgan fingerprint density at radius 1 is 0.878 bits per heavy atom. The number of fused-ring (bicyclic) bond motifs is 1. The molecule has 2 aromatic heterocycles. The maximum absolute atomic E-state index is 14.5. The van der Waals surface area contributed by atoms with Crippen LogP contribution in [-0.4, -0.2) is 52.0 Å². The second-order valence-electron chi connectivity index (χ2n) is 10.1. The van der Waals surface area contributed by atoms with Crippen LogP contribution in [0.5, 0.6) is 0 Å². The highest BCUT2D eigenvalue weighted by Crippen LogP contribution is 2.40. The van der Waals surface area contributed by atoms with E-state index in [-0.39, 0.29) is 12.1 Å². The van der Waals surface area contributed by atoms with E-state index in [1.54, 1.807) is 12.4 Å². The highest BCUT2D eigenvalue weighted by Gasteiger charge is 2.35. The average molecular weight is 544 g/mol. The molecular weight excluding hydrogens is 510 g/mol. The lowest BCUT2D eigenvalue weighted by atomic mass is 9.90. The minimum atomic E-state index is -0.398. The molecule has 3 heterocycles. The molecule has 41 heavy (non-hydrogen) atoms. The maximum Gasteiger partial charge on any atom is 0.339 e. The van der Waals surface area contributed by atoms with Gasteiger partial charge in [0, 0.05) is 55.1 Å². The number of carbonyl (C=O) groups is 1. The average Bonchev–Trinajstić information content (AvgIpc) is 3.05. The molecule has 3 aromatic carbocycles. The summed E-state index contributed by atoms with van der Waals surface area (Å²) in [6.45, 7) is 5.25. The number of pyridine rings is 1. The quantitative estimate of drug-likeness (QED) is 0.241. The van der Waals surface area contributed by atoms with Crippen molar-refractivity contribution >= 4 is 16.9 Å². The van der Waals surface area contributed by atoms with Crippen molar-refractivity contribution in [2.75, 3.05) is 26.2 Å². The first-order valence-corrected chi connectivity index (χ1v) is 14.2. The Hall–Kier alpha value is -4.46. The van der Waals surface area contributed by atoms with E-state index in [1.807, 2.05) is 97.9 Å². The minimum absolute atomic E-state index is 0.373. The van der Waals surface area contributed by atoms with Crippen LogP contribution < -0.4 is 5.32 Å². The monoisotopic (exact) mass is 543 g/mol. The summed E-state index contributed by atoms with van der Waals surface area (Å²) in [7, 11) is 0. The molecule has 1 fully saturated rings. The van der Waals surface area contributed by atoms with E-state index in [9.17, 15) is 4.79 Å². The van der Waals surface area contributed by atoms with E-state index < -0.39 is 6.04 Å². The molecule has 5 aromatic rings. The lowest BCUT2D eigenvalue weighted by Gasteiger charge is -2.36. The third-order valence-corrected chi connectivity index (χ3v) is 7.59. The van der Waals surface area contributed by atoms with Gasteiger partial charge in [-0.3, -0.25) is 4.90 Å². The number of piperazine rings is 1. The molecule has 1 saturated heterocycles. The van der Waals surface area contributed by atoms with Gasteiger partial charge in [0.15, 0.2) is 0 Å². The summed E-state index contributed by atoms with van der Waals surface area (Å²) >= 11 is 0. The van der Waals surface area contributed by atoms with Crippen LogP contribution >= 0.6 is 0 Å². The van der Waals surface area contributed by atoms with Crippen molar-refractivity contribution < 1.29 is 9.53 Å². The molecule has 7 nitrogen and oxygen atoms in total. The Morgan fingerprint density at radius 2 is 1.54 bits per heavy atom. The van der Waals surface area contributed by atoms with Crippen LogP contribution in [0, 0.1) is 0 Å². The number of rotatable bonds is 8. The zero-order chi connectivity index (χ0) is 28.0. The standard InChI is InChI=1S/C34H33N5O2/c1-2-28(24-12-5-3-6-13-24)41-34(40)29-26-16-9-10-17-27(26)38-31(25-14-7-4-8-15-25)30(29)32(33-36-18-11-19-37-33)39-22-20-35-21-23-39/h3-19,28,32,35H,2,20-23H2,1H3. The van der Waals surface area contributed by atoms with Crippen molar-refractivity contribution in [1.29, 1.82) is 0 Å². The molecule has 0 saturated carbocycles. The minimum Gasteiger partial charge on any atom is -0.454 e. The van der Waals surface area contributed by atoms with E-state index >= 15 is 0 Å².